The summed E-state index contributed by atoms with van der Waals surface area (Å²) in [6, 6.07) is 14.8. The van der Waals surface area contributed by atoms with Crippen molar-refractivity contribution in [1.82, 2.24) is 15.5 Å². The number of rotatable bonds is 11. The van der Waals surface area contributed by atoms with Gasteiger partial charge >= 0.3 is 6.09 Å². The van der Waals surface area contributed by atoms with E-state index in [1.54, 1.807) is 25.7 Å². The molecule has 2 unspecified atom stereocenters. The smallest absolute Gasteiger partial charge is 0.408 e. The molecule has 1 aliphatic carbocycles. The Morgan fingerprint density at radius 3 is 2.21 bits per heavy atom. The predicted octanol–water partition coefficient (Wildman–Crippen LogP) is 3.50. The molecule has 0 spiro atoms. The quantitative estimate of drug-likeness (QED) is 0.416. The summed E-state index contributed by atoms with van der Waals surface area (Å²) in [4.78, 5) is 53.4. The Balaban J connectivity index is 1.92. The number of nitrogens with two attached hydrogens (primary N) is 1. The van der Waals surface area contributed by atoms with Crippen LogP contribution in [0, 0.1) is 6.92 Å². The molecule has 0 heterocycles. The predicted molar refractivity (Wildman–Crippen MR) is 144 cm³/mol. The van der Waals surface area contributed by atoms with Crippen molar-refractivity contribution in [3.05, 3.63) is 71.3 Å². The Morgan fingerprint density at radius 1 is 1.03 bits per heavy atom. The van der Waals surface area contributed by atoms with Crippen LogP contribution in [0.5, 0.6) is 0 Å². The average molecular weight is 523 g/mol. The van der Waals surface area contributed by atoms with Crippen LogP contribution in [0.25, 0.3) is 0 Å². The first kappa shape index (κ1) is 28.7. The lowest BCUT2D eigenvalue weighted by atomic mass is 10.00. The standard InChI is InChI=1S/C29H38N4O5/c1-19-10-12-21(13-11-19)25(26(35)31-18-20-8-6-5-7-9-20)33(22-14-15-22)27(36)23(16-17-24(30)34)32-28(37)38-29(2,3)4/h5-13,22-23,25H,14-18H2,1-4H3,(H2,30,34)(H,31,35)(H,32,37). The summed E-state index contributed by atoms with van der Waals surface area (Å²) in [7, 11) is 0. The van der Waals surface area contributed by atoms with Gasteiger partial charge in [-0.1, -0.05) is 60.2 Å². The summed E-state index contributed by atoms with van der Waals surface area (Å²) < 4.78 is 5.36. The zero-order valence-corrected chi connectivity index (χ0v) is 22.5. The highest BCUT2D eigenvalue weighted by Crippen LogP contribution is 2.36. The number of primary amides is 1. The summed E-state index contributed by atoms with van der Waals surface area (Å²) in [5.41, 5.74) is 7.19. The third kappa shape index (κ3) is 8.61. The Labute approximate surface area is 224 Å². The number of nitrogens with one attached hydrogen (secondary N) is 2. The zero-order chi connectivity index (χ0) is 27.9. The van der Waals surface area contributed by atoms with E-state index in [0.717, 1.165) is 24.0 Å². The van der Waals surface area contributed by atoms with Crippen molar-refractivity contribution >= 4 is 23.8 Å². The van der Waals surface area contributed by atoms with Crippen LogP contribution in [-0.2, 0) is 25.7 Å². The number of nitrogens with zero attached hydrogens (tertiary/aromatic N) is 1. The van der Waals surface area contributed by atoms with Gasteiger partial charge in [0.1, 0.15) is 17.7 Å². The molecule has 38 heavy (non-hydrogen) atoms. The van der Waals surface area contributed by atoms with E-state index in [-0.39, 0.29) is 24.8 Å². The molecule has 3 rings (SSSR count). The summed E-state index contributed by atoms with van der Waals surface area (Å²) in [6.07, 6.45) is 0.559. The number of aryl methyl sites for hydroxylation is 1. The van der Waals surface area contributed by atoms with Crippen molar-refractivity contribution in [1.29, 1.82) is 0 Å². The van der Waals surface area contributed by atoms with Gasteiger partial charge < -0.3 is 26.0 Å². The van der Waals surface area contributed by atoms with Crippen LogP contribution in [-0.4, -0.2) is 46.4 Å². The van der Waals surface area contributed by atoms with Crippen molar-refractivity contribution in [2.75, 3.05) is 0 Å². The molecular formula is C29H38N4O5. The lowest BCUT2D eigenvalue weighted by Crippen LogP contribution is -2.54. The van der Waals surface area contributed by atoms with Gasteiger partial charge in [-0.05, 0) is 58.1 Å². The average Bonchev–Trinajstić information content (AvgIpc) is 3.68. The van der Waals surface area contributed by atoms with Gasteiger partial charge in [0.05, 0.1) is 0 Å². The van der Waals surface area contributed by atoms with Gasteiger partial charge in [0, 0.05) is 19.0 Å². The van der Waals surface area contributed by atoms with Crippen LogP contribution >= 0.6 is 0 Å². The van der Waals surface area contributed by atoms with Crippen LogP contribution in [0.1, 0.15) is 69.2 Å². The molecule has 2 aromatic carbocycles. The molecule has 0 bridgehead atoms. The molecule has 0 radical (unpaired) electrons. The third-order valence-electron chi connectivity index (χ3n) is 6.09. The highest BCUT2D eigenvalue weighted by Gasteiger charge is 2.44. The normalized spacial score (nSPS) is 14.6. The topological polar surface area (TPSA) is 131 Å². The Hall–Kier alpha value is -3.88. The SMILES string of the molecule is Cc1ccc(C(C(=O)NCc2ccccc2)N(C(=O)C(CCC(N)=O)NC(=O)OC(C)(C)C)C2CC2)cc1. The van der Waals surface area contributed by atoms with Crippen LogP contribution in [0.4, 0.5) is 4.79 Å². The van der Waals surface area contributed by atoms with Gasteiger partial charge in [-0.15, -0.1) is 0 Å². The van der Waals surface area contributed by atoms with E-state index in [0.29, 0.717) is 12.1 Å². The molecule has 0 aromatic heterocycles. The number of amides is 4. The second kappa shape index (κ2) is 12.6. The van der Waals surface area contributed by atoms with E-state index in [4.69, 9.17) is 10.5 Å². The Bertz CT molecular complexity index is 1120. The lowest BCUT2D eigenvalue weighted by molar-refractivity contribution is -0.143. The fourth-order valence-corrected chi connectivity index (χ4v) is 4.11. The molecule has 1 fully saturated rings. The second-order valence-corrected chi connectivity index (χ2v) is 10.7. The van der Waals surface area contributed by atoms with E-state index >= 15 is 0 Å². The number of carbonyl (C=O) groups excluding carboxylic acids is 4. The molecule has 2 aromatic rings. The van der Waals surface area contributed by atoms with Crippen LogP contribution in [0.3, 0.4) is 0 Å². The molecule has 0 saturated heterocycles. The minimum absolute atomic E-state index is 0.0110. The molecule has 9 nitrogen and oxygen atoms in total. The number of alkyl carbamates (subject to hydrolysis) is 1. The fourth-order valence-electron chi connectivity index (χ4n) is 4.11. The number of benzene rings is 2. The van der Waals surface area contributed by atoms with Crippen molar-refractivity contribution in [3.8, 4) is 0 Å². The second-order valence-electron chi connectivity index (χ2n) is 10.7. The maximum absolute atomic E-state index is 14.0. The van der Waals surface area contributed by atoms with Gasteiger partial charge in [0.25, 0.3) is 0 Å². The first-order valence-corrected chi connectivity index (χ1v) is 12.9. The highest BCUT2D eigenvalue weighted by atomic mass is 16.6. The molecular weight excluding hydrogens is 484 g/mol. The molecule has 9 heteroatoms. The Kier molecular flexibility index (Phi) is 9.50. The summed E-state index contributed by atoms with van der Waals surface area (Å²) in [5, 5.41) is 5.58. The van der Waals surface area contributed by atoms with E-state index < -0.39 is 35.6 Å². The minimum atomic E-state index is -1.09. The molecule has 4 amide bonds. The number of ether oxygens (including phenoxy) is 1. The molecule has 204 valence electrons. The summed E-state index contributed by atoms with van der Waals surface area (Å²) in [5.74, 6) is -1.38. The van der Waals surface area contributed by atoms with Gasteiger partial charge in [0.15, 0.2) is 0 Å². The van der Waals surface area contributed by atoms with Crippen molar-refractivity contribution in [3.63, 3.8) is 0 Å². The Morgan fingerprint density at radius 2 is 1.66 bits per heavy atom. The molecule has 0 aliphatic heterocycles. The number of hydrogen-bond acceptors (Lipinski definition) is 5. The van der Waals surface area contributed by atoms with E-state index in [1.165, 1.54) is 0 Å². The van der Waals surface area contributed by atoms with Gasteiger partial charge in [-0.2, -0.15) is 0 Å². The highest BCUT2D eigenvalue weighted by molar-refractivity contribution is 5.93. The maximum atomic E-state index is 14.0. The van der Waals surface area contributed by atoms with E-state index in [2.05, 4.69) is 10.6 Å². The number of carbonyl (C=O) groups is 4. The molecule has 1 aliphatic rings. The summed E-state index contributed by atoms with van der Waals surface area (Å²) in [6.45, 7) is 7.40. The van der Waals surface area contributed by atoms with Gasteiger partial charge in [0.2, 0.25) is 17.7 Å². The first-order chi connectivity index (χ1) is 17.9. The zero-order valence-electron chi connectivity index (χ0n) is 22.5. The summed E-state index contributed by atoms with van der Waals surface area (Å²) >= 11 is 0. The molecule has 2 atom stereocenters. The van der Waals surface area contributed by atoms with E-state index in [9.17, 15) is 19.2 Å². The van der Waals surface area contributed by atoms with Crippen molar-refractivity contribution in [2.24, 2.45) is 5.73 Å². The third-order valence-corrected chi connectivity index (χ3v) is 6.09. The lowest BCUT2D eigenvalue weighted by Gasteiger charge is -2.34. The van der Waals surface area contributed by atoms with Crippen molar-refractivity contribution < 1.29 is 23.9 Å². The van der Waals surface area contributed by atoms with Crippen LogP contribution in [0.15, 0.2) is 54.6 Å². The number of hydrogen-bond donors (Lipinski definition) is 3. The first-order valence-electron chi connectivity index (χ1n) is 12.9. The maximum Gasteiger partial charge on any atom is 0.408 e. The van der Waals surface area contributed by atoms with Crippen LogP contribution < -0.4 is 16.4 Å². The fraction of sp³-hybridized carbons (Fsp3) is 0.448. The molecule has 1 saturated carbocycles. The monoisotopic (exact) mass is 522 g/mol. The largest absolute Gasteiger partial charge is 0.444 e. The van der Waals surface area contributed by atoms with Gasteiger partial charge in [-0.25, -0.2) is 4.79 Å². The van der Waals surface area contributed by atoms with E-state index in [1.807, 2.05) is 61.5 Å². The molecule has 4 N–H and O–H groups in total. The van der Waals surface area contributed by atoms with Gasteiger partial charge in [-0.3, -0.25) is 14.4 Å². The van der Waals surface area contributed by atoms with Crippen LogP contribution in [0.2, 0.25) is 0 Å². The van der Waals surface area contributed by atoms with Crippen molar-refractivity contribution in [2.45, 2.75) is 83.6 Å². The minimum Gasteiger partial charge on any atom is -0.444 e.